The zero-order valence-electron chi connectivity index (χ0n) is 11.4. The lowest BCUT2D eigenvalue weighted by Gasteiger charge is -2.23. The standard InChI is InChI=1S/C15H21FN2O/c1-12(13-6-8-14(16)9-7-13)17-15(19)18-10-4-2-3-5-11-18/h6-9,12H,2-5,10-11H2,1H3,(H,17,19). The normalized spacial score (nSPS) is 17.7. The van der Waals surface area contributed by atoms with Gasteiger partial charge in [0.15, 0.2) is 0 Å². The molecule has 2 rings (SSSR count). The summed E-state index contributed by atoms with van der Waals surface area (Å²) < 4.78 is 12.9. The van der Waals surface area contributed by atoms with Gasteiger partial charge in [-0.05, 0) is 37.5 Å². The van der Waals surface area contributed by atoms with Crippen LogP contribution in [-0.2, 0) is 0 Å². The van der Waals surface area contributed by atoms with E-state index in [1.165, 1.54) is 25.0 Å². The van der Waals surface area contributed by atoms with Gasteiger partial charge in [-0.25, -0.2) is 9.18 Å². The predicted octanol–water partition coefficient (Wildman–Crippen LogP) is 3.47. The topological polar surface area (TPSA) is 32.3 Å². The Balaban J connectivity index is 1.92. The highest BCUT2D eigenvalue weighted by Gasteiger charge is 2.17. The number of hydrogen-bond donors (Lipinski definition) is 1. The number of nitrogens with one attached hydrogen (secondary N) is 1. The minimum atomic E-state index is -0.255. The average molecular weight is 264 g/mol. The third-order valence-corrected chi connectivity index (χ3v) is 3.60. The van der Waals surface area contributed by atoms with Gasteiger partial charge < -0.3 is 10.2 Å². The first-order chi connectivity index (χ1) is 9.16. The van der Waals surface area contributed by atoms with Gasteiger partial charge in [-0.1, -0.05) is 25.0 Å². The minimum absolute atomic E-state index is 0.0151. The number of carbonyl (C=O) groups is 1. The Morgan fingerprint density at radius 3 is 2.32 bits per heavy atom. The summed E-state index contributed by atoms with van der Waals surface area (Å²) in [5.41, 5.74) is 0.921. The molecule has 0 bridgehead atoms. The molecule has 1 heterocycles. The van der Waals surface area contributed by atoms with Gasteiger partial charge in [0.2, 0.25) is 0 Å². The lowest BCUT2D eigenvalue weighted by Crippen LogP contribution is -2.41. The van der Waals surface area contributed by atoms with Crippen molar-refractivity contribution in [2.45, 2.75) is 38.6 Å². The fraction of sp³-hybridized carbons (Fsp3) is 0.533. The van der Waals surface area contributed by atoms with Gasteiger partial charge in [0.25, 0.3) is 0 Å². The third kappa shape index (κ3) is 3.94. The number of likely N-dealkylation sites (tertiary alicyclic amines) is 1. The average Bonchev–Trinajstić information content (AvgIpc) is 2.68. The first-order valence-electron chi connectivity index (χ1n) is 6.98. The highest BCUT2D eigenvalue weighted by Crippen LogP contribution is 2.15. The molecular formula is C15H21FN2O. The summed E-state index contributed by atoms with van der Waals surface area (Å²) >= 11 is 0. The van der Waals surface area contributed by atoms with Gasteiger partial charge in [0.1, 0.15) is 5.82 Å². The van der Waals surface area contributed by atoms with E-state index in [0.29, 0.717) is 0 Å². The molecule has 0 saturated carbocycles. The second-order valence-electron chi connectivity index (χ2n) is 5.12. The van der Waals surface area contributed by atoms with E-state index in [-0.39, 0.29) is 17.9 Å². The van der Waals surface area contributed by atoms with Crippen LogP contribution in [0.5, 0.6) is 0 Å². The molecule has 1 atom stereocenters. The number of nitrogens with zero attached hydrogens (tertiary/aromatic N) is 1. The van der Waals surface area contributed by atoms with E-state index in [2.05, 4.69) is 5.32 Å². The van der Waals surface area contributed by atoms with E-state index in [9.17, 15) is 9.18 Å². The Hall–Kier alpha value is -1.58. The fourth-order valence-corrected chi connectivity index (χ4v) is 2.39. The molecule has 1 aromatic carbocycles. The fourth-order valence-electron chi connectivity index (χ4n) is 2.39. The van der Waals surface area contributed by atoms with Crippen molar-refractivity contribution in [2.75, 3.05) is 13.1 Å². The Kier molecular flexibility index (Phi) is 4.77. The van der Waals surface area contributed by atoms with Crippen molar-refractivity contribution in [3.63, 3.8) is 0 Å². The second kappa shape index (κ2) is 6.55. The van der Waals surface area contributed by atoms with E-state index >= 15 is 0 Å². The summed E-state index contributed by atoms with van der Waals surface area (Å²) in [6, 6.07) is 6.15. The van der Waals surface area contributed by atoms with E-state index < -0.39 is 0 Å². The summed E-state index contributed by atoms with van der Waals surface area (Å²) in [6.45, 7) is 3.59. The monoisotopic (exact) mass is 264 g/mol. The summed E-state index contributed by atoms with van der Waals surface area (Å²) in [4.78, 5) is 14.0. The van der Waals surface area contributed by atoms with Crippen molar-refractivity contribution in [1.82, 2.24) is 10.2 Å². The molecule has 2 amide bonds. The van der Waals surface area contributed by atoms with Gasteiger partial charge in [-0.15, -0.1) is 0 Å². The van der Waals surface area contributed by atoms with Gasteiger partial charge in [-0.2, -0.15) is 0 Å². The van der Waals surface area contributed by atoms with Crippen LogP contribution >= 0.6 is 0 Å². The Morgan fingerprint density at radius 1 is 1.16 bits per heavy atom. The van der Waals surface area contributed by atoms with Crippen LogP contribution in [0.15, 0.2) is 24.3 Å². The zero-order valence-corrected chi connectivity index (χ0v) is 11.4. The van der Waals surface area contributed by atoms with Crippen molar-refractivity contribution < 1.29 is 9.18 Å². The summed E-state index contributed by atoms with van der Waals surface area (Å²) in [5, 5.41) is 2.98. The number of halogens is 1. The zero-order chi connectivity index (χ0) is 13.7. The van der Waals surface area contributed by atoms with Crippen LogP contribution in [-0.4, -0.2) is 24.0 Å². The van der Waals surface area contributed by atoms with E-state index in [4.69, 9.17) is 0 Å². The third-order valence-electron chi connectivity index (χ3n) is 3.60. The quantitative estimate of drug-likeness (QED) is 0.871. The van der Waals surface area contributed by atoms with Crippen molar-refractivity contribution in [3.05, 3.63) is 35.6 Å². The van der Waals surface area contributed by atoms with Crippen LogP contribution in [0.1, 0.15) is 44.2 Å². The highest BCUT2D eigenvalue weighted by molar-refractivity contribution is 5.74. The number of carbonyl (C=O) groups excluding carboxylic acids is 1. The molecule has 1 unspecified atom stereocenters. The minimum Gasteiger partial charge on any atom is -0.331 e. The number of amides is 2. The molecule has 1 N–H and O–H groups in total. The lowest BCUT2D eigenvalue weighted by atomic mass is 10.1. The maximum absolute atomic E-state index is 12.9. The molecule has 104 valence electrons. The van der Waals surface area contributed by atoms with E-state index in [1.807, 2.05) is 11.8 Å². The Morgan fingerprint density at radius 2 is 1.74 bits per heavy atom. The van der Waals surface area contributed by atoms with Gasteiger partial charge in [0.05, 0.1) is 6.04 Å². The number of rotatable bonds is 2. The number of urea groups is 1. The molecule has 0 aromatic heterocycles. The largest absolute Gasteiger partial charge is 0.331 e. The van der Waals surface area contributed by atoms with Crippen LogP contribution in [0, 0.1) is 5.82 Å². The maximum Gasteiger partial charge on any atom is 0.317 e. The highest BCUT2D eigenvalue weighted by atomic mass is 19.1. The molecule has 3 nitrogen and oxygen atoms in total. The molecule has 0 aliphatic carbocycles. The summed E-state index contributed by atoms with van der Waals surface area (Å²) in [5.74, 6) is -0.255. The predicted molar refractivity (Wildman–Crippen MR) is 73.4 cm³/mol. The molecule has 1 fully saturated rings. The first kappa shape index (κ1) is 13.8. The van der Waals surface area contributed by atoms with Crippen LogP contribution in [0.25, 0.3) is 0 Å². The van der Waals surface area contributed by atoms with Crippen molar-refractivity contribution in [2.24, 2.45) is 0 Å². The molecule has 0 radical (unpaired) electrons. The molecular weight excluding hydrogens is 243 g/mol. The maximum atomic E-state index is 12.9. The van der Waals surface area contributed by atoms with Crippen LogP contribution in [0.4, 0.5) is 9.18 Å². The molecule has 1 aliphatic heterocycles. The SMILES string of the molecule is CC(NC(=O)N1CCCCCC1)c1ccc(F)cc1. The Bertz CT molecular complexity index is 411. The number of benzene rings is 1. The summed E-state index contributed by atoms with van der Waals surface area (Å²) in [7, 11) is 0. The van der Waals surface area contributed by atoms with Gasteiger partial charge in [0, 0.05) is 13.1 Å². The number of hydrogen-bond acceptors (Lipinski definition) is 1. The van der Waals surface area contributed by atoms with E-state index in [0.717, 1.165) is 31.5 Å². The van der Waals surface area contributed by atoms with Gasteiger partial charge in [-0.3, -0.25) is 0 Å². The lowest BCUT2D eigenvalue weighted by molar-refractivity contribution is 0.196. The Labute approximate surface area is 113 Å². The van der Waals surface area contributed by atoms with Crippen LogP contribution in [0.2, 0.25) is 0 Å². The molecule has 1 aromatic rings. The summed E-state index contributed by atoms with van der Waals surface area (Å²) in [6.07, 6.45) is 4.57. The second-order valence-corrected chi connectivity index (χ2v) is 5.12. The first-order valence-corrected chi connectivity index (χ1v) is 6.98. The van der Waals surface area contributed by atoms with Crippen molar-refractivity contribution in [1.29, 1.82) is 0 Å². The van der Waals surface area contributed by atoms with Gasteiger partial charge >= 0.3 is 6.03 Å². The molecule has 1 saturated heterocycles. The van der Waals surface area contributed by atoms with Crippen molar-refractivity contribution >= 4 is 6.03 Å². The smallest absolute Gasteiger partial charge is 0.317 e. The molecule has 0 spiro atoms. The van der Waals surface area contributed by atoms with Crippen LogP contribution in [0.3, 0.4) is 0 Å². The van der Waals surface area contributed by atoms with E-state index in [1.54, 1.807) is 12.1 Å². The van der Waals surface area contributed by atoms with Crippen molar-refractivity contribution in [3.8, 4) is 0 Å². The molecule has 19 heavy (non-hydrogen) atoms. The molecule has 1 aliphatic rings. The molecule has 4 heteroatoms. The van der Waals surface area contributed by atoms with Crippen LogP contribution < -0.4 is 5.32 Å².